The number of fused-ring (bicyclic) bond motifs is 1. The second kappa shape index (κ2) is 23.6. The van der Waals surface area contributed by atoms with E-state index in [1.54, 1.807) is 0 Å². The molecule has 0 aromatic rings. The molecule has 0 bridgehead atoms. The number of hydrogen-bond donors (Lipinski definition) is 0. The highest BCUT2D eigenvalue weighted by Gasteiger charge is 2.65. The fourth-order valence-corrected chi connectivity index (χ4v) is 9.93. The Balaban J connectivity index is 3.06. The molecule has 0 spiro atoms. The molecule has 1 saturated carbocycles. The monoisotopic (exact) mass is 860 g/mol. The molecule has 1 aliphatic heterocycles. The smallest absolute Gasteiger partial charge is 0.342 e. The molecule has 55 heavy (non-hydrogen) atoms. The van der Waals surface area contributed by atoms with Crippen LogP contribution in [0.2, 0.25) is 0 Å². The van der Waals surface area contributed by atoms with E-state index in [9.17, 15) is 18.3 Å². The number of rotatable bonds is 32. The van der Waals surface area contributed by atoms with E-state index >= 15 is 0 Å². The van der Waals surface area contributed by atoms with Gasteiger partial charge < -0.3 is 9.47 Å². The van der Waals surface area contributed by atoms with E-state index in [-0.39, 0.29) is 52.9 Å². The van der Waals surface area contributed by atoms with E-state index < -0.39 is 73.7 Å². The molecule has 2 aliphatic rings. The standard InChI is InChI=1S/C33H52O18P4/c1-11-19-38-52(34,39-20-12-2)48-29-27-28(47-33(9,10)46-27)30(49-53(35,40-21-13-3)41-22-14-4)32(51-55(37,44-25-17-7)45-26-18-8)31(29)50-54(36,42-23-15-5)43-24-16-6/h11-18,27-32H,1-8,19-26H2,9-10H3/t27-,28+,29-,30-,31+,32+/m0/s1. The van der Waals surface area contributed by atoms with Crippen molar-refractivity contribution in [3.05, 3.63) is 101 Å². The first-order valence-corrected chi connectivity index (χ1v) is 22.4. The summed E-state index contributed by atoms with van der Waals surface area (Å²) in [5, 5.41) is 0. The van der Waals surface area contributed by atoms with Gasteiger partial charge in [-0.05, 0) is 13.8 Å². The van der Waals surface area contributed by atoms with Crippen molar-refractivity contribution in [1.29, 1.82) is 0 Å². The first kappa shape index (κ1) is 49.4. The van der Waals surface area contributed by atoms with Gasteiger partial charge in [-0.3, -0.25) is 54.3 Å². The third kappa shape index (κ3) is 15.5. The summed E-state index contributed by atoms with van der Waals surface area (Å²) in [7, 11) is -19.0. The van der Waals surface area contributed by atoms with Gasteiger partial charge in [0.2, 0.25) is 0 Å². The SMILES string of the molecule is C=CCOP(=O)(OCC=C)O[C@H]1[C@H](OP(=O)(OCC=C)OCC=C)[C@@H](OP(=O)(OCC=C)OCC=C)[C@H]2OC(C)(C)O[C@H]2[C@@H]1OP(=O)(OCC=C)OCC=C. The zero-order valence-corrected chi connectivity index (χ0v) is 34.6. The van der Waals surface area contributed by atoms with Crippen LogP contribution in [0.15, 0.2) is 101 Å². The van der Waals surface area contributed by atoms with E-state index in [4.69, 9.17) is 63.8 Å². The summed E-state index contributed by atoms with van der Waals surface area (Å²) < 4.78 is 138. The van der Waals surface area contributed by atoms with Crippen molar-refractivity contribution >= 4 is 31.3 Å². The van der Waals surface area contributed by atoms with Crippen LogP contribution in [0.4, 0.5) is 0 Å². The first-order valence-electron chi connectivity index (χ1n) is 16.6. The molecule has 22 heteroatoms. The van der Waals surface area contributed by atoms with Gasteiger partial charge in [0.05, 0.1) is 52.9 Å². The number of hydrogen-bond acceptors (Lipinski definition) is 18. The number of phosphoric acid groups is 4. The lowest BCUT2D eigenvalue weighted by Crippen LogP contribution is -2.64. The van der Waals surface area contributed by atoms with Crippen LogP contribution in [0.1, 0.15) is 13.8 Å². The van der Waals surface area contributed by atoms with Gasteiger partial charge in [-0.2, -0.15) is 0 Å². The lowest BCUT2D eigenvalue weighted by molar-refractivity contribution is -0.181. The fourth-order valence-electron chi connectivity index (χ4n) is 4.69. The Labute approximate surface area is 323 Å². The molecule has 0 aromatic heterocycles. The summed E-state index contributed by atoms with van der Waals surface area (Å²) in [5.74, 6) is -1.51. The van der Waals surface area contributed by atoms with Gasteiger partial charge in [-0.1, -0.05) is 48.6 Å². The van der Waals surface area contributed by atoms with E-state index in [1.165, 1.54) is 62.5 Å². The molecule has 0 aromatic carbocycles. The van der Waals surface area contributed by atoms with Crippen molar-refractivity contribution in [1.82, 2.24) is 0 Å². The molecule has 6 atom stereocenters. The fraction of sp³-hybridized carbons (Fsp3) is 0.515. The summed E-state index contributed by atoms with van der Waals surface area (Å²) in [4.78, 5) is 0. The highest BCUT2D eigenvalue weighted by atomic mass is 31.2. The third-order valence-electron chi connectivity index (χ3n) is 6.59. The van der Waals surface area contributed by atoms with Crippen LogP contribution in [0.3, 0.4) is 0 Å². The quantitative estimate of drug-likeness (QED) is 0.0464. The summed E-state index contributed by atoms with van der Waals surface area (Å²) in [5.41, 5.74) is 0. The summed E-state index contributed by atoms with van der Waals surface area (Å²) in [6, 6.07) is 0. The van der Waals surface area contributed by atoms with Crippen molar-refractivity contribution in [3.8, 4) is 0 Å². The Hall–Kier alpha value is -1.72. The average molecular weight is 861 g/mol. The Morgan fingerprint density at radius 2 is 0.582 bits per heavy atom. The normalized spacial score (nSPS) is 24.0. The van der Waals surface area contributed by atoms with Gasteiger partial charge in [0.25, 0.3) is 0 Å². The van der Waals surface area contributed by atoms with E-state index in [2.05, 4.69) is 52.6 Å². The minimum atomic E-state index is -4.81. The predicted octanol–water partition coefficient (Wildman–Crippen LogP) is 8.11. The maximum absolute atomic E-state index is 14.4. The highest BCUT2D eigenvalue weighted by Crippen LogP contribution is 2.62. The lowest BCUT2D eigenvalue weighted by Gasteiger charge is -2.47. The largest absolute Gasteiger partial charge is 0.475 e. The van der Waals surface area contributed by atoms with Gasteiger partial charge in [-0.15, -0.1) is 52.6 Å². The Kier molecular flexibility index (Phi) is 21.2. The minimum absolute atomic E-state index is 0.344. The highest BCUT2D eigenvalue weighted by molar-refractivity contribution is 7.49. The molecular formula is C33H52O18P4. The van der Waals surface area contributed by atoms with Crippen LogP contribution >= 0.6 is 31.3 Å². The van der Waals surface area contributed by atoms with Crippen molar-refractivity contribution in [2.24, 2.45) is 0 Å². The van der Waals surface area contributed by atoms with Crippen LogP contribution < -0.4 is 0 Å². The van der Waals surface area contributed by atoms with Crippen LogP contribution in [-0.4, -0.2) is 95.3 Å². The molecule has 18 nitrogen and oxygen atoms in total. The van der Waals surface area contributed by atoms with E-state index in [0.717, 1.165) is 0 Å². The molecule has 1 saturated heterocycles. The van der Waals surface area contributed by atoms with Gasteiger partial charge >= 0.3 is 31.3 Å². The average Bonchev–Trinajstić information content (AvgIpc) is 3.49. The predicted molar refractivity (Wildman–Crippen MR) is 203 cm³/mol. The maximum atomic E-state index is 14.4. The van der Waals surface area contributed by atoms with Gasteiger partial charge in [0, 0.05) is 0 Å². The number of ether oxygens (including phenoxy) is 2. The van der Waals surface area contributed by atoms with Gasteiger partial charge in [0.1, 0.15) is 36.6 Å². The van der Waals surface area contributed by atoms with Crippen molar-refractivity contribution in [2.75, 3.05) is 52.9 Å². The Morgan fingerprint density at radius 3 is 0.764 bits per heavy atom. The lowest BCUT2D eigenvalue weighted by atomic mass is 9.85. The molecule has 312 valence electrons. The van der Waals surface area contributed by atoms with Crippen molar-refractivity contribution < 1.29 is 82.0 Å². The molecule has 0 radical (unpaired) electrons. The second-order valence-electron chi connectivity index (χ2n) is 11.3. The zero-order chi connectivity index (χ0) is 41.2. The summed E-state index contributed by atoms with van der Waals surface area (Å²) >= 11 is 0. The molecule has 1 heterocycles. The van der Waals surface area contributed by atoms with Crippen LogP contribution in [0.5, 0.6) is 0 Å². The molecule has 0 amide bonds. The van der Waals surface area contributed by atoms with Crippen LogP contribution in [0, 0.1) is 0 Å². The third-order valence-corrected chi connectivity index (χ3v) is 12.3. The topological polar surface area (TPSA) is 197 Å². The molecule has 0 unspecified atom stereocenters. The van der Waals surface area contributed by atoms with E-state index in [0.29, 0.717) is 0 Å². The Bertz CT molecular complexity index is 1340. The van der Waals surface area contributed by atoms with Crippen LogP contribution in [0.25, 0.3) is 0 Å². The molecule has 0 N–H and O–H groups in total. The maximum Gasteiger partial charge on any atom is 0.475 e. The molecular weight excluding hydrogens is 808 g/mol. The summed E-state index contributed by atoms with van der Waals surface area (Å²) in [6.45, 7) is 28.6. The molecule has 2 rings (SSSR count). The van der Waals surface area contributed by atoms with E-state index in [1.807, 2.05) is 0 Å². The molecule has 1 aliphatic carbocycles. The zero-order valence-electron chi connectivity index (χ0n) is 31.0. The first-order chi connectivity index (χ1) is 26.1. The van der Waals surface area contributed by atoms with Gasteiger partial charge in [-0.25, -0.2) is 18.3 Å². The number of phosphoric ester groups is 4. The Morgan fingerprint density at radius 1 is 0.400 bits per heavy atom. The van der Waals surface area contributed by atoms with Crippen LogP contribution in [-0.2, 0) is 82.0 Å². The van der Waals surface area contributed by atoms with Crippen molar-refractivity contribution in [2.45, 2.75) is 56.3 Å². The second-order valence-corrected chi connectivity index (χ2v) is 17.8. The summed E-state index contributed by atoms with van der Waals surface area (Å²) in [6.07, 6.45) is -0.476. The van der Waals surface area contributed by atoms with Gasteiger partial charge in [0.15, 0.2) is 5.79 Å². The minimum Gasteiger partial charge on any atom is -0.342 e. The molecule has 2 fully saturated rings. The van der Waals surface area contributed by atoms with Crippen molar-refractivity contribution in [3.63, 3.8) is 0 Å².